The fraction of sp³-hybridized carbons (Fsp3) is 0.115. The summed E-state index contributed by atoms with van der Waals surface area (Å²) in [6.07, 6.45) is 4.88. The highest BCUT2D eigenvalue weighted by molar-refractivity contribution is 6.07. The van der Waals surface area contributed by atoms with Gasteiger partial charge in [-0.15, -0.1) is 0 Å². The summed E-state index contributed by atoms with van der Waals surface area (Å²) in [6, 6.07) is 16.4. The van der Waals surface area contributed by atoms with Gasteiger partial charge >= 0.3 is 0 Å². The van der Waals surface area contributed by atoms with Crippen molar-refractivity contribution >= 4 is 11.0 Å². The summed E-state index contributed by atoms with van der Waals surface area (Å²) in [6.45, 7) is 0.540. The van der Waals surface area contributed by atoms with Crippen LogP contribution in [0, 0.1) is 11.6 Å². The number of halogens is 2. The van der Waals surface area contributed by atoms with Crippen molar-refractivity contribution < 1.29 is 8.78 Å². The summed E-state index contributed by atoms with van der Waals surface area (Å²) in [5, 5.41) is 8.46. The number of pyridine rings is 2. The Bertz CT molecular complexity index is 1400. The average molecular weight is 441 g/mol. The number of H-pyrrole nitrogens is 1. The molecular formula is C26H21F2N5. The lowest BCUT2D eigenvalue weighted by Crippen LogP contribution is -2.01. The van der Waals surface area contributed by atoms with Crippen molar-refractivity contribution in [2.75, 3.05) is 6.54 Å². The van der Waals surface area contributed by atoms with Crippen molar-refractivity contribution in [3.63, 3.8) is 0 Å². The number of nitrogens with one attached hydrogen (secondary N) is 1. The third-order valence-corrected chi connectivity index (χ3v) is 5.62. The molecule has 0 bridgehead atoms. The van der Waals surface area contributed by atoms with Gasteiger partial charge in [-0.05, 0) is 79.0 Å². The minimum absolute atomic E-state index is 0.316. The topological polar surface area (TPSA) is 80.5 Å². The second-order valence-corrected chi connectivity index (χ2v) is 7.75. The molecule has 0 fully saturated rings. The van der Waals surface area contributed by atoms with Gasteiger partial charge in [-0.2, -0.15) is 5.10 Å². The van der Waals surface area contributed by atoms with Crippen LogP contribution in [0.25, 0.3) is 44.5 Å². The molecule has 3 aromatic heterocycles. The van der Waals surface area contributed by atoms with Gasteiger partial charge in [0.05, 0.1) is 16.8 Å². The lowest BCUT2D eigenvalue weighted by atomic mass is 9.88. The van der Waals surface area contributed by atoms with Crippen LogP contribution in [0.5, 0.6) is 0 Å². The van der Waals surface area contributed by atoms with Crippen LogP contribution in [-0.4, -0.2) is 26.7 Å². The van der Waals surface area contributed by atoms with E-state index in [0.29, 0.717) is 24.3 Å². The maximum Gasteiger partial charge on any atom is 0.156 e. The number of rotatable bonds is 6. The minimum Gasteiger partial charge on any atom is -0.330 e. The Balaban J connectivity index is 1.91. The van der Waals surface area contributed by atoms with E-state index in [2.05, 4.69) is 15.2 Å². The molecule has 5 aromatic rings. The van der Waals surface area contributed by atoms with Crippen LogP contribution in [0.3, 0.4) is 0 Å². The first-order valence-corrected chi connectivity index (χ1v) is 10.7. The summed E-state index contributed by atoms with van der Waals surface area (Å²) in [4.78, 5) is 9.07. The van der Waals surface area contributed by atoms with Gasteiger partial charge in [0.15, 0.2) is 5.65 Å². The Morgan fingerprint density at radius 3 is 2.00 bits per heavy atom. The van der Waals surface area contributed by atoms with Crippen LogP contribution in [0.4, 0.5) is 8.78 Å². The van der Waals surface area contributed by atoms with Crippen molar-refractivity contribution in [2.45, 2.75) is 12.8 Å². The molecule has 0 aliphatic carbocycles. The normalized spacial score (nSPS) is 11.2. The van der Waals surface area contributed by atoms with E-state index in [4.69, 9.17) is 10.7 Å². The van der Waals surface area contributed by atoms with E-state index in [-0.39, 0.29) is 11.6 Å². The SMILES string of the molecule is NCCCc1n[nH]c2nc(-c3ccc(F)cc3)c(-c3ccncc3)c(-c3ccc(F)cc3)c12. The number of aromatic amines is 1. The number of hydrogen-bond donors (Lipinski definition) is 2. The third-order valence-electron chi connectivity index (χ3n) is 5.62. The van der Waals surface area contributed by atoms with E-state index < -0.39 is 0 Å². The fourth-order valence-electron chi connectivity index (χ4n) is 4.10. The van der Waals surface area contributed by atoms with Crippen LogP contribution in [0.15, 0.2) is 73.1 Å². The Kier molecular flexibility index (Phi) is 5.62. The summed E-state index contributed by atoms with van der Waals surface area (Å²) in [5.74, 6) is -0.640. The Morgan fingerprint density at radius 1 is 0.758 bits per heavy atom. The van der Waals surface area contributed by atoms with Gasteiger partial charge in [-0.1, -0.05) is 12.1 Å². The van der Waals surface area contributed by atoms with Crippen LogP contribution < -0.4 is 5.73 Å². The van der Waals surface area contributed by atoms with E-state index in [9.17, 15) is 8.78 Å². The second kappa shape index (κ2) is 8.88. The summed E-state index contributed by atoms with van der Waals surface area (Å²) < 4.78 is 27.5. The largest absolute Gasteiger partial charge is 0.330 e. The molecule has 0 saturated heterocycles. The van der Waals surface area contributed by atoms with Crippen molar-refractivity contribution in [2.24, 2.45) is 5.73 Å². The molecule has 5 nitrogen and oxygen atoms in total. The zero-order chi connectivity index (χ0) is 22.8. The first-order chi connectivity index (χ1) is 16.2. The zero-order valence-electron chi connectivity index (χ0n) is 17.7. The molecule has 7 heteroatoms. The fourth-order valence-corrected chi connectivity index (χ4v) is 4.10. The van der Waals surface area contributed by atoms with Crippen LogP contribution >= 0.6 is 0 Å². The molecule has 33 heavy (non-hydrogen) atoms. The highest BCUT2D eigenvalue weighted by Gasteiger charge is 2.23. The molecule has 0 amide bonds. The van der Waals surface area contributed by atoms with Crippen molar-refractivity contribution in [3.8, 4) is 33.5 Å². The molecular weight excluding hydrogens is 420 g/mol. The first kappa shape index (κ1) is 20.9. The molecule has 3 heterocycles. The predicted molar refractivity (Wildman–Crippen MR) is 125 cm³/mol. The molecule has 164 valence electrons. The summed E-state index contributed by atoms with van der Waals surface area (Å²) >= 11 is 0. The van der Waals surface area contributed by atoms with Gasteiger partial charge in [0, 0.05) is 29.1 Å². The Morgan fingerprint density at radius 2 is 1.36 bits per heavy atom. The Labute approximate surface area is 189 Å². The summed E-state index contributed by atoms with van der Waals surface area (Å²) in [7, 11) is 0. The van der Waals surface area contributed by atoms with E-state index in [1.165, 1.54) is 24.3 Å². The van der Waals surface area contributed by atoms with Crippen LogP contribution in [0.1, 0.15) is 12.1 Å². The van der Waals surface area contributed by atoms with Gasteiger partial charge in [0.1, 0.15) is 11.6 Å². The van der Waals surface area contributed by atoms with E-state index in [1.54, 1.807) is 36.7 Å². The average Bonchev–Trinajstić information content (AvgIpc) is 3.26. The lowest BCUT2D eigenvalue weighted by Gasteiger charge is -2.17. The van der Waals surface area contributed by atoms with Crippen molar-refractivity contribution in [1.82, 2.24) is 20.2 Å². The molecule has 0 aliphatic rings. The molecule has 0 radical (unpaired) electrons. The van der Waals surface area contributed by atoms with Crippen LogP contribution in [-0.2, 0) is 6.42 Å². The molecule has 0 atom stereocenters. The Hall–Kier alpha value is -3.97. The molecule has 0 spiro atoms. The third kappa shape index (κ3) is 3.99. The number of nitrogens with two attached hydrogens (primary N) is 1. The molecule has 0 aliphatic heterocycles. The number of fused-ring (bicyclic) bond motifs is 1. The summed E-state index contributed by atoms with van der Waals surface area (Å²) in [5.41, 5.74) is 12.1. The highest BCUT2D eigenvalue weighted by atomic mass is 19.1. The monoisotopic (exact) mass is 441 g/mol. The lowest BCUT2D eigenvalue weighted by molar-refractivity contribution is 0.627. The van der Waals surface area contributed by atoms with Gasteiger partial charge < -0.3 is 5.73 Å². The van der Waals surface area contributed by atoms with Gasteiger partial charge in [-0.3, -0.25) is 10.1 Å². The van der Waals surface area contributed by atoms with E-state index >= 15 is 0 Å². The predicted octanol–water partition coefficient (Wildman–Crippen LogP) is 5.52. The smallest absolute Gasteiger partial charge is 0.156 e. The quantitative estimate of drug-likeness (QED) is 0.363. The standard InChI is InChI=1S/C26H21F2N5/c27-19-7-3-16(4-8-19)22-23(17-11-14-30-15-12-17)25(18-5-9-20(28)10-6-18)31-26-24(22)21(32-33-26)2-1-13-29/h3-12,14-15H,1-2,13,29H2,(H,31,32,33). The number of aromatic nitrogens is 4. The van der Waals surface area contributed by atoms with Crippen molar-refractivity contribution in [3.05, 3.63) is 90.4 Å². The molecule has 3 N–H and O–H groups in total. The van der Waals surface area contributed by atoms with Gasteiger partial charge in [0.25, 0.3) is 0 Å². The second-order valence-electron chi connectivity index (χ2n) is 7.75. The zero-order valence-corrected chi connectivity index (χ0v) is 17.7. The number of nitrogens with zero attached hydrogens (tertiary/aromatic N) is 3. The van der Waals surface area contributed by atoms with Gasteiger partial charge in [0.2, 0.25) is 0 Å². The molecule has 2 aromatic carbocycles. The number of hydrogen-bond acceptors (Lipinski definition) is 4. The van der Waals surface area contributed by atoms with Crippen molar-refractivity contribution in [1.29, 1.82) is 0 Å². The molecule has 0 saturated carbocycles. The van der Waals surface area contributed by atoms with Crippen LogP contribution in [0.2, 0.25) is 0 Å². The minimum atomic E-state index is -0.324. The van der Waals surface area contributed by atoms with Gasteiger partial charge in [-0.25, -0.2) is 13.8 Å². The maximum absolute atomic E-state index is 13.8. The van der Waals surface area contributed by atoms with E-state index in [1.807, 2.05) is 12.1 Å². The molecule has 0 unspecified atom stereocenters. The number of benzene rings is 2. The first-order valence-electron chi connectivity index (χ1n) is 10.7. The maximum atomic E-state index is 13.8. The van der Waals surface area contributed by atoms with E-state index in [0.717, 1.165) is 45.3 Å². The number of aryl methyl sites for hydroxylation is 1. The highest BCUT2D eigenvalue weighted by Crippen LogP contribution is 2.43. The molecule has 5 rings (SSSR count).